The predicted molar refractivity (Wildman–Crippen MR) is 37.8 cm³/mol. The van der Waals surface area contributed by atoms with Gasteiger partial charge < -0.3 is 10.6 Å². The SMILES string of the molecule is NC#CCN1CCCC1=O. The Kier molecular flexibility index (Phi) is 2.16. The van der Waals surface area contributed by atoms with Crippen molar-refractivity contribution in [1.82, 2.24) is 4.90 Å². The van der Waals surface area contributed by atoms with Crippen molar-refractivity contribution < 1.29 is 4.79 Å². The van der Waals surface area contributed by atoms with E-state index in [2.05, 4.69) is 12.0 Å². The van der Waals surface area contributed by atoms with E-state index in [-0.39, 0.29) is 5.91 Å². The van der Waals surface area contributed by atoms with Gasteiger partial charge in [-0.2, -0.15) is 0 Å². The number of nitrogens with zero attached hydrogens (tertiary/aromatic N) is 1. The molecular formula is C7H10N2O. The Morgan fingerprint density at radius 2 is 2.50 bits per heavy atom. The molecule has 0 aromatic heterocycles. The Hall–Kier alpha value is -1.17. The summed E-state index contributed by atoms with van der Waals surface area (Å²) in [7, 11) is 0. The molecule has 0 radical (unpaired) electrons. The van der Waals surface area contributed by atoms with Gasteiger partial charge in [0.1, 0.15) is 0 Å². The van der Waals surface area contributed by atoms with Crippen LogP contribution in [-0.4, -0.2) is 23.9 Å². The maximum absolute atomic E-state index is 10.9. The third-order valence-electron chi connectivity index (χ3n) is 1.54. The third kappa shape index (κ3) is 1.41. The first-order chi connectivity index (χ1) is 4.84. The van der Waals surface area contributed by atoms with Crippen LogP contribution in [0.1, 0.15) is 12.8 Å². The van der Waals surface area contributed by atoms with E-state index in [0.717, 1.165) is 13.0 Å². The highest BCUT2D eigenvalue weighted by atomic mass is 16.2. The lowest BCUT2D eigenvalue weighted by molar-refractivity contribution is -0.127. The Labute approximate surface area is 60.2 Å². The first kappa shape index (κ1) is 6.94. The van der Waals surface area contributed by atoms with Gasteiger partial charge in [-0.1, -0.05) is 5.92 Å². The van der Waals surface area contributed by atoms with Gasteiger partial charge in [0, 0.05) is 19.0 Å². The van der Waals surface area contributed by atoms with Gasteiger partial charge in [0.15, 0.2) is 0 Å². The van der Waals surface area contributed by atoms with Crippen LogP contribution in [0.3, 0.4) is 0 Å². The summed E-state index contributed by atoms with van der Waals surface area (Å²) in [6.07, 6.45) is 1.64. The van der Waals surface area contributed by atoms with Gasteiger partial charge in [0.05, 0.1) is 6.54 Å². The zero-order chi connectivity index (χ0) is 7.40. The van der Waals surface area contributed by atoms with E-state index in [0.29, 0.717) is 13.0 Å². The van der Waals surface area contributed by atoms with Crippen molar-refractivity contribution in [3.63, 3.8) is 0 Å². The number of hydrogen-bond acceptors (Lipinski definition) is 2. The summed E-state index contributed by atoms with van der Waals surface area (Å²) in [5.74, 6) is 2.85. The molecule has 3 nitrogen and oxygen atoms in total. The lowest BCUT2D eigenvalue weighted by Gasteiger charge is -2.09. The fourth-order valence-corrected chi connectivity index (χ4v) is 1.01. The molecule has 3 heteroatoms. The minimum Gasteiger partial charge on any atom is -0.359 e. The molecule has 0 bridgehead atoms. The van der Waals surface area contributed by atoms with Gasteiger partial charge in [-0.15, -0.1) is 0 Å². The van der Waals surface area contributed by atoms with Crippen LogP contribution in [0.15, 0.2) is 0 Å². The van der Waals surface area contributed by atoms with Crippen molar-refractivity contribution in [3.05, 3.63) is 0 Å². The fourth-order valence-electron chi connectivity index (χ4n) is 1.01. The second-order valence-corrected chi connectivity index (χ2v) is 2.24. The summed E-state index contributed by atoms with van der Waals surface area (Å²) in [6, 6.07) is 2.27. The lowest BCUT2D eigenvalue weighted by atomic mass is 10.4. The molecule has 1 aliphatic rings. The van der Waals surface area contributed by atoms with Crippen molar-refractivity contribution >= 4 is 5.91 Å². The van der Waals surface area contributed by atoms with E-state index in [1.807, 2.05) is 0 Å². The molecule has 0 aliphatic carbocycles. The molecule has 1 aliphatic heterocycles. The average molecular weight is 138 g/mol. The topological polar surface area (TPSA) is 46.3 Å². The van der Waals surface area contributed by atoms with Gasteiger partial charge in [-0.25, -0.2) is 0 Å². The average Bonchev–Trinajstić information content (AvgIpc) is 2.31. The Bertz CT molecular complexity index is 190. The second kappa shape index (κ2) is 3.11. The smallest absolute Gasteiger partial charge is 0.223 e. The van der Waals surface area contributed by atoms with Crippen LogP contribution in [-0.2, 0) is 4.79 Å². The molecule has 0 spiro atoms. The molecule has 1 amide bonds. The van der Waals surface area contributed by atoms with Crippen LogP contribution in [0.25, 0.3) is 0 Å². The summed E-state index contributed by atoms with van der Waals surface area (Å²) in [4.78, 5) is 12.6. The second-order valence-electron chi connectivity index (χ2n) is 2.24. The number of rotatable bonds is 1. The molecule has 0 unspecified atom stereocenters. The largest absolute Gasteiger partial charge is 0.359 e. The summed E-state index contributed by atoms with van der Waals surface area (Å²) >= 11 is 0. The van der Waals surface area contributed by atoms with Crippen LogP contribution in [0.2, 0.25) is 0 Å². The number of amides is 1. The van der Waals surface area contributed by atoms with Crippen molar-refractivity contribution in [1.29, 1.82) is 0 Å². The first-order valence-electron chi connectivity index (χ1n) is 3.31. The van der Waals surface area contributed by atoms with E-state index in [1.165, 1.54) is 0 Å². The van der Waals surface area contributed by atoms with Gasteiger partial charge in [-0.05, 0) is 6.42 Å². The van der Waals surface area contributed by atoms with Gasteiger partial charge in [0.2, 0.25) is 5.91 Å². The lowest BCUT2D eigenvalue weighted by Crippen LogP contribution is -2.24. The number of carbonyl (C=O) groups is 1. The van der Waals surface area contributed by atoms with Gasteiger partial charge in [0.25, 0.3) is 0 Å². The highest BCUT2D eigenvalue weighted by Crippen LogP contribution is 2.07. The van der Waals surface area contributed by atoms with Crippen molar-refractivity contribution in [2.24, 2.45) is 5.73 Å². The Balaban J connectivity index is 2.38. The molecule has 1 saturated heterocycles. The molecule has 54 valence electrons. The summed E-state index contributed by atoms with van der Waals surface area (Å²) in [5, 5.41) is 0. The standard InChI is InChI=1S/C7H10N2O/c8-4-2-6-9-5-1-3-7(9)10/h1,3,5-6,8H2. The van der Waals surface area contributed by atoms with Crippen LogP contribution in [0, 0.1) is 12.0 Å². The number of hydrogen-bond donors (Lipinski definition) is 1. The minimum absolute atomic E-state index is 0.197. The molecule has 1 heterocycles. The van der Waals surface area contributed by atoms with Crippen molar-refractivity contribution in [2.45, 2.75) is 12.8 Å². The van der Waals surface area contributed by atoms with Crippen molar-refractivity contribution in [3.8, 4) is 12.0 Å². The highest BCUT2D eigenvalue weighted by Gasteiger charge is 2.18. The quantitative estimate of drug-likeness (QED) is 0.393. The van der Waals surface area contributed by atoms with Gasteiger partial charge in [-0.3, -0.25) is 4.79 Å². The van der Waals surface area contributed by atoms with E-state index in [1.54, 1.807) is 4.90 Å². The van der Waals surface area contributed by atoms with E-state index in [9.17, 15) is 4.79 Å². The molecule has 2 N–H and O–H groups in total. The molecule has 0 aromatic rings. The summed E-state index contributed by atoms with van der Waals surface area (Å²) in [6.45, 7) is 1.34. The van der Waals surface area contributed by atoms with E-state index < -0.39 is 0 Å². The molecule has 1 rings (SSSR count). The van der Waals surface area contributed by atoms with Crippen LogP contribution >= 0.6 is 0 Å². The molecule has 0 atom stereocenters. The Morgan fingerprint density at radius 1 is 1.70 bits per heavy atom. The fraction of sp³-hybridized carbons (Fsp3) is 0.571. The predicted octanol–water partition coefficient (Wildman–Crippen LogP) is -0.472. The van der Waals surface area contributed by atoms with Crippen LogP contribution in [0.4, 0.5) is 0 Å². The van der Waals surface area contributed by atoms with Crippen molar-refractivity contribution in [2.75, 3.05) is 13.1 Å². The third-order valence-corrected chi connectivity index (χ3v) is 1.54. The first-order valence-corrected chi connectivity index (χ1v) is 3.31. The summed E-state index contributed by atoms with van der Waals surface area (Å²) < 4.78 is 0. The van der Waals surface area contributed by atoms with E-state index >= 15 is 0 Å². The zero-order valence-electron chi connectivity index (χ0n) is 5.76. The maximum atomic E-state index is 10.9. The molecule has 0 aromatic carbocycles. The van der Waals surface area contributed by atoms with Crippen LogP contribution in [0.5, 0.6) is 0 Å². The normalized spacial score (nSPS) is 16.8. The Morgan fingerprint density at radius 3 is 3.00 bits per heavy atom. The summed E-state index contributed by atoms with van der Waals surface area (Å²) in [5.41, 5.74) is 4.95. The zero-order valence-corrected chi connectivity index (χ0v) is 5.76. The molecule has 10 heavy (non-hydrogen) atoms. The highest BCUT2D eigenvalue weighted by molar-refractivity contribution is 5.78. The number of nitrogens with two attached hydrogens (primary N) is 1. The van der Waals surface area contributed by atoms with Crippen LogP contribution < -0.4 is 5.73 Å². The maximum Gasteiger partial charge on any atom is 0.223 e. The molecular weight excluding hydrogens is 128 g/mol. The monoisotopic (exact) mass is 138 g/mol. The minimum atomic E-state index is 0.197. The molecule has 1 fully saturated rings. The number of likely N-dealkylation sites (tertiary alicyclic amines) is 1. The molecule has 0 saturated carbocycles. The van der Waals surface area contributed by atoms with Gasteiger partial charge >= 0.3 is 0 Å². The van der Waals surface area contributed by atoms with E-state index in [4.69, 9.17) is 5.73 Å². The number of carbonyl (C=O) groups excluding carboxylic acids is 1.